The Morgan fingerprint density at radius 1 is 0.971 bits per heavy atom. The van der Waals surface area contributed by atoms with Crippen molar-refractivity contribution in [3.8, 4) is 0 Å². The lowest BCUT2D eigenvalue weighted by molar-refractivity contribution is -0.152. The van der Waals surface area contributed by atoms with Gasteiger partial charge < -0.3 is 15.4 Å². The molecule has 34 heavy (non-hydrogen) atoms. The number of hydrogen-bond acceptors (Lipinski definition) is 6. The molecule has 2 rings (SSSR count). The fourth-order valence-corrected chi connectivity index (χ4v) is 4.13. The SMILES string of the molecule is CCC(C)c1ccccc1NC(=O)C(C)OC(=O)CCNS(=O)(=O)c1ccc(NC(C)=O)cc1. The van der Waals surface area contributed by atoms with Gasteiger partial charge in [0.05, 0.1) is 11.3 Å². The lowest BCUT2D eigenvalue weighted by Crippen LogP contribution is -2.32. The average Bonchev–Trinajstić information content (AvgIpc) is 2.78. The molecule has 0 spiro atoms. The van der Waals surface area contributed by atoms with Crippen LogP contribution in [0.25, 0.3) is 0 Å². The topological polar surface area (TPSA) is 131 Å². The van der Waals surface area contributed by atoms with E-state index in [1.807, 2.05) is 18.2 Å². The Bertz CT molecular complexity index is 1120. The number of hydrogen-bond donors (Lipinski definition) is 3. The smallest absolute Gasteiger partial charge is 0.307 e. The van der Waals surface area contributed by atoms with E-state index in [4.69, 9.17) is 4.74 Å². The van der Waals surface area contributed by atoms with Crippen molar-refractivity contribution in [2.45, 2.75) is 57.5 Å². The van der Waals surface area contributed by atoms with Crippen LogP contribution in [0.3, 0.4) is 0 Å². The minimum Gasteiger partial charge on any atom is -0.452 e. The van der Waals surface area contributed by atoms with Gasteiger partial charge in [0.1, 0.15) is 0 Å². The van der Waals surface area contributed by atoms with Crippen LogP contribution in [0.2, 0.25) is 0 Å². The van der Waals surface area contributed by atoms with E-state index >= 15 is 0 Å². The quantitative estimate of drug-likeness (QED) is 0.415. The van der Waals surface area contributed by atoms with Crippen LogP contribution in [0.5, 0.6) is 0 Å². The Labute approximate surface area is 200 Å². The number of rotatable bonds is 11. The molecule has 2 aromatic rings. The molecule has 2 amide bonds. The lowest BCUT2D eigenvalue weighted by atomic mass is 9.97. The van der Waals surface area contributed by atoms with Gasteiger partial charge >= 0.3 is 5.97 Å². The van der Waals surface area contributed by atoms with E-state index in [0.717, 1.165) is 12.0 Å². The predicted octanol–water partition coefficient (Wildman–Crippen LogP) is 3.40. The Morgan fingerprint density at radius 3 is 2.24 bits per heavy atom. The van der Waals surface area contributed by atoms with Gasteiger partial charge in [-0.1, -0.05) is 32.0 Å². The number of anilines is 2. The third-order valence-electron chi connectivity index (χ3n) is 5.15. The molecule has 0 radical (unpaired) electrons. The van der Waals surface area contributed by atoms with E-state index in [9.17, 15) is 22.8 Å². The Hall–Kier alpha value is -3.24. The summed E-state index contributed by atoms with van der Waals surface area (Å²) in [6.45, 7) is 6.73. The number of ether oxygens (including phenoxy) is 1. The maximum atomic E-state index is 12.5. The van der Waals surface area contributed by atoms with Crippen LogP contribution in [0.4, 0.5) is 11.4 Å². The molecule has 0 fully saturated rings. The van der Waals surface area contributed by atoms with Crippen LogP contribution in [0.15, 0.2) is 53.4 Å². The Balaban J connectivity index is 1.85. The van der Waals surface area contributed by atoms with Gasteiger partial charge in [-0.3, -0.25) is 14.4 Å². The summed E-state index contributed by atoms with van der Waals surface area (Å²) in [5.74, 6) is -1.19. The second kappa shape index (κ2) is 12.3. The molecule has 0 aliphatic heterocycles. The van der Waals surface area contributed by atoms with Gasteiger partial charge in [0, 0.05) is 24.8 Å². The zero-order valence-electron chi connectivity index (χ0n) is 19.8. The molecule has 0 heterocycles. The van der Waals surface area contributed by atoms with E-state index in [1.54, 1.807) is 6.07 Å². The highest BCUT2D eigenvalue weighted by Gasteiger charge is 2.20. The first-order valence-corrected chi connectivity index (χ1v) is 12.5. The second-order valence-electron chi connectivity index (χ2n) is 7.87. The molecule has 0 aliphatic rings. The first-order chi connectivity index (χ1) is 16.0. The normalized spacial score (nSPS) is 12.9. The van der Waals surface area contributed by atoms with Gasteiger partial charge in [-0.15, -0.1) is 0 Å². The number of amides is 2. The molecule has 2 unspecified atom stereocenters. The highest BCUT2D eigenvalue weighted by molar-refractivity contribution is 7.89. The van der Waals surface area contributed by atoms with E-state index in [0.29, 0.717) is 11.4 Å². The molecule has 3 N–H and O–H groups in total. The van der Waals surface area contributed by atoms with Gasteiger partial charge in [-0.05, 0) is 55.2 Å². The highest BCUT2D eigenvalue weighted by atomic mass is 32.2. The molecule has 184 valence electrons. The van der Waals surface area contributed by atoms with Crippen molar-refractivity contribution in [1.29, 1.82) is 0 Å². The number of sulfonamides is 1. The molecule has 0 aromatic heterocycles. The molecule has 0 aliphatic carbocycles. The summed E-state index contributed by atoms with van der Waals surface area (Å²) in [6, 6.07) is 13.1. The first kappa shape index (κ1) is 27.0. The lowest BCUT2D eigenvalue weighted by Gasteiger charge is -2.18. The van der Waals surface area contributed by atoms with Crippen molar-refractivity contribution in [3.63, 3.8) is 0 Å². The van der Waals surface area contributed by atoms with Crippen molar-refractivity contribution in [2.75, 3.05) is 17.2 Å². The van der Waals surface area contributed by atoms with Crippen molar-refractivity contribution >= 4 is 39.2 Å². The molecular weight excluding hydrogens is 458 g/mol. The number of benzene rings is 2. The Morgan fingerprint density at radius 2 is 1.62 bits per heavy atom. The minimum absolute atomic E-state index is 0.0114. The number of nitrogens with one attached hydrogen (secondary N) is 3. The standard InChI is InChI=1S/C24H31N3O6S/c1-5-16(2)21-8-6-7-9-22(21)27-24(30)17(3)33-23(29)14-15-25-34(31,32)20-12-10-19(11-13-20)26-18(4)28/h6-13,16-17,25H,5,14-15H2,1-4H3,(H,26,28)(H,27,30). The summed E-state index contributed by atoms with van der Waals surface area (Å²) >= 11 is 0. The number of esters is 1. The fourth-order valence-electron chi connectivity index (χ4n) is 3.10. The molecule has 2 atom stereocenters. The van der Waals surface area contributed by atoms with E-state index < -0.39 is 28.0 Å². The van der Waals surface area contributed by atoms with Crippen molar-refractivity contribution in [3.05, 3.63) is 54.1 Å². The summed E-state index contributed by atoms with van der Waals surface area (Å²) in [6.07, 6.45) is -0.382. The third kappa shape index (κ3) is 7.96. The van der Waals surface area contributed by atoms with Gasteiger partial charge in [-0.2, -0.15) is 0 Å². The van der Waals surface area contributed by atoms with Crippen LogP contribution in [-0.4, -0.2) is 38.9 Å². The molecule has 9 nitrogen and oxygen atoms in total. The molecule has 0 bridgehead atoms. The minimum atomic E-state index is -3.85. The van der Waals surface area contributed by atoms with Gasteiger partial charge in [0.15, 0.2) is 6.10 Å². The monoisotopic (exact) mass is 489 g/mol. The average molecular weight is 490 g/mol. The van der Waals surface area contributed by atoms with E-state index in [2.05, 4.69) is 29.2 Å². The predicted molar refractivity (Wildman–Crippen MR) is 130 cm³/mol. The third-order valence-corrected chi connectivity index (χ3v) is 6.62. The molecule has 2 aromatic carbocycles. The summed E-state index contributed by atoms with van der Waals surface area (Å²) in [7, 11) is -3.85. The summed E-state index contributed by atoms with van der Waals surface area (Å²) in [5, 5.41) is 5.34. The van der Waals surface area contributed by atoms with Gasteiger partial charge in [-0.25, -0.2) is 13.1 Å². The van der Waals surface area contributed by atoms with E-state index in [1.165, 1.54) is 38.1 Å². The van der Waals surface area contributed by atoms with Crippen LogP contribution in [-0.2, 0) is 29.1 Å². The summed E-state index contributed by atoms with van der Waals surface area (Å²) < 4.78 is 32.2. The zero-order chi connectivity index (χ0) is 25.3. The molecular formula is C24H31N3O6S. The van der Waals surface area contributed by atoms with Crippen LogP contribution < -0.4 is 15.4 Å². The van der Waals surface area contributed by atoms with Gasteiger partial charge in [0.2, 0.25) is 15.9 Å². The maximum absolute atomic E-state index is 12.5. The molecule has 10 heteroatoms. The first-order valence-electron chi connectivity index (χ1n) is 11.0. The largest absolute Gasteiger partial charge is 0.452 e. The van der Waals surface area contributed by atoms with E-state index in [-0.39, 0.29) is 29.7 Å². The van der Waals surface area contributed by atoms with Crippen LogP contribution in [0, 0.1) is 0 Å². The zero-order valence-corrected chi connectivity index (χ0v) is 20.6. The van der Waals surface area contributed by atoms with Gasteiger partial charge in [0.25, 0.3) is 5.91 Å². The summed E-state index contributed by atoms with van der Waals surface area (Å²) in [5.41, 5.74) is 2.13. The van der Waals surface area contributed by atoms with Crippen molar-refractivity contribution < 1.29 is 27.5 Å². The number of carbonyl (C=O) groups is 3. The molecule has 0 saturated heterocycles. The Kier molecular flexibility index (Phi) is 9.76. The van der Waals surface area contributed by atoms with Crippen molar-refractivity contribution in [1.82, 2.24) is 4.72 Å². The summed E-state index contributed by atoms with van der Waals surface area (Å²) in [4.78, 5) is 35.7. The fraction of sp³-hybridized carbons (Fsp3) is 0.375. The van der Waals surface area contributed by atoms with Crippen LogP contribution in [0.1, 0.15) is 52.0 Å². The second-order valence-corrected chi connectivity index (χ2v) is 9.64. The number of para-hydroxylation sites is 1. The van der Waals surface area contributed by atoms with Crippen molar-refractivity contribution in [2.24, 2.45) is 0 Å². The highest BCUT2D eigenvalue weighted by Crippen LogP contribution is 2.26. The van der Waals surface area contributed by atoms with Crippen LogP contribution >= 0.6 is 0 Å². The maximum Gasteiger partial charge on any atom is 0.307 e. The number of carbonyl (C=O) groups excluding carboxylic acids is 3. The molecule has 0 saturated carbocycles.